The van der Waals surface area contributed by atoms with E-state index in [-0.39, 0.29) is 19.1 Å². The topological polar surface area (TPSA) is 72.5 Å². The molecule has 15 heavy (non-hydrogen) atoms. The van der Waals surface area contributed by atoms with Gasteiger partial charge in [0.2, 0.25) is 5.91 Å². The zero-order valence-corrected chi connectivity index (χ0v) is 10.5. The molecular weight excluding hydrogens is 218 g/mol. The molecule has 6 heteroatoms. The van der Waals surface area contributed by atoms with E-state index in [9.17, 15) is 13.2 Å². The number of nitrogens with one attached hydrogen (secondary N) is 1. The van der Waals surface area contributed by atoms with Crippen molar-refractivity contribution in [3.63, 3.8) is 0 Å². The van der Waals surface area contributed by atoms with Gasteiger partial charge in [0.25, 0.3) is 0 Å². The van der Waals surface area contributed by atoms with Gasteiger partial charge in [-0.2, -0.15) is 0 Å². The van der Waals surface area contributed by atoms with Gasteiger partial charge >= 0.3 is 0 Å². The van der Waals surface area contributed by atoms with E-state index in [0.717, 1.165) is 6.26 Å². The number of rotatable bonds is 6. The van der Waals surface area contributed by atoms with Crippen LogP contribution in [0.2, 0.25) is 0 Å². The summed E-state index contributed by atoms with van der Waals surface area (Å²) in [5.74, 6) is -0.298. The van der Waals surface area contributed by atoms with Crippen LogP contribution in [0.1, 0.15) is 20.8 Å². The molecule has 5 nitrogen and oxygen atoms in total. The highest BCUT2D eigenvalue weighted by Crippen LogP contribution is 2.13. The van der Waals surface area contributed by atoms with E-state index in [1.165, 1.54) is 0 Å². The summed E-state index contributed by atoms with van der Waals surface area (Å²) < 4.78 is 26.5. The zero-order valence-electron chi connectivity index (χ0n) is 9.66. The van der Waals surface area contributed by atoms with Crippen LogP contribution >= 0.6 is 0 Å². The first kappa shape index (κ1) is 14.4. The molecule has 90 valence electrons. The van der Waals surface area contributed by atoms with E-state index in [1.807, 2.05) is 0 Å². The minimum absolute atomic E-state index is 0.0314. The molecule has 0 aromatic carbocycles. The van der Waals surface area contributed by atoms with Gasteiger partial charge < -0.3 is 10.1 Å². The first-order valence-corrected chi connectivity index (χ1v) is 6.64. The predicted molar refractivity (Wildman–Crippen MR) is 58.4 cm³/mol. The third-order valence-electron chi connectivity index (χ3n) is 2.15. The van der Waals surface area contributed by atoms with Crippen LogP contribution in [0.3, 0.4) is 0 Å². The van der Waals surface area contributed by atoms with E-state index in [2.05, 4.69) is 5.32 Å². The minimum Gasteiger partial charge on any atom is -0.372 e. The molecular formula is C9H19NO4S. The lowest BCUT2D eigenvalue weighted by Crippen LogP contribution is -2.44. The Balaban J connectivity index is 4.11. The molecule has 1 amide bonds. The molecule has 0 unspecified atom stereocenters. The fourth-order valence-corrected chi connectivity index (χ4v) is 1.02. The van der Waals surface area contributed by atoms with Crippen molar-refractivity contribution in [2.45, 2.75) is 25.5 Å². The third kappa shape index (κ3) is 5.13. The smallest absolute Gasteiger partial charge is 0.246 e. The van der Waals surface area contributed by atoms with Gasteiger partial charge in [-0.05, 0) is 20.8 Å². The van der Waals surface area contributed by atoms with Crippen LogP contribution in [0.25, 0.3) is 0 Å². The molecule has 0 aliphatic heterocycles. The molecule has 0 saturated carbocycles. The van der Waals surface area contributed by atoms with Gasteiger partial charge in [-0.3, -0.25) is 4.79 Å². The van der Waals surface area contributed by atoms with Crippen molar-refractivity contribution in [1.29, 1.82) is 0 Å². The molecule has 0 saturated heterocycles. The lowest BCUT2D eigenvalue weighted by atomic mass is 10.2. The van der Waals surface area contributed by atoms with Crippen molar-refractivity contribution in [2.75, 3.05) is 26.0 Å². The van der Waals surface area contributed by atoms with Gasteiger partial charge in [-0.15, -0.1) is 0 Å². The summed E-state index contributed by atoms with van der Waals surface area (Å²) in [6.07, 6.45) is 1.15. The molecule has 0 spiro atoms. The Bertz CT molecular complexity index is 308. The van der Waals surface area contributed by atoms with Crippen LogP contribution in [0.15, 0.2) is 0 Å². The molecule has 0 fully saturated rings. The molecule has 0 aromatic heterocycles. The summed E-state index contributed by atoms with van der Waals surface area (Å²) in [5.41, 5.74) is 0. The standard InChI is InChI=1S/C9H19NO4S/c1-5-14-6-8(11)10-7-9(2,3)15(4,12)13/h5-7H2,1-4H3,(H,10,11). The van der Waals surface area contributed by atoms with Gasteiger partial charge in [0.1, 0.15) is 6.61 Å². The maximum absolute atomic E-state index is 11.3. The maximum atomic E-state index is 11.3. The lowest BCUT2D eigenvalue weighted by Gasteiger charge is -2.22. The summed E-state index contributed by atoms with van der Waals surface area (Å²) in [6.45, 7) is 5.46. The number of carbonyl (C=O) groups excluding carboxylic acids is 1. The molecule has 0 radical (unpaired) electrons. The van der Waals surface area contributed by atoms with Gasteiger partial charge in [0.15, 0.2) is 9.84 Å². The Hall–Kier alpha value is -0.620. The summed E-state index contributed by atoms with van der Waals surface area (Å²) in [7, 11) is -3.17. The quantitative estimate of drug-likeness (QED) is 0.703. The first-order valence-electron chi connectivity index (χ1n) is 4.74. The van der Waals surface area contributed by atoms with Crippen LogP contribution in [0, 0.1) is 0 Å². The number of hydrogen-bond donors (Lipinski definition) is 1. The Labute approximate surface area is 91.1 Å². The highest BCUT2D eigenvalue weighted by Gasteiger charge is 2.30. The van der Waals surface area contributed by atoms with E-state index in [1.54, 1.807) is 20.8 Å². The van der Waals surface area contributed by atoms with E-state index < -0.39 is 14.6 Å². The van der Waals surface area contributed by atoms with E-state index in [4.69, 9.17) is 4.74 Å². The lowest BCUT2D eigenvalue weighted by molar-refractivity contribution is -0.125. The predicted octanol–water partition coefficient (Wildman–Crippen LogP) is -0.0377. The van der Waals surface area contributed by atoms with Crippen LogP contribution in [0.4, 0.5) is 0 Å². The highest BCUT2D eigenvalue weighted by molar-refractivity contribution is 7.92. The highest BCUT2D eigenvalue weighted by atomic mass is 32.2. The van der Waals surface area contributed by atoms with Crippen molar-refractivity contribution in [3.8, 4) is 0 Å². The second kappa shape index (κ2) is 5.46. The Morgan fingerprint density at radius 2 is 1.93 bits per heavy atom. The minimum atomic E-state index is -3.17. The fourth-order valence-electron chi connectivity index (χ4n) is 0.688. The van der Waals surface area contributed by atoms with Crippen molar-refractivity contribution in [3.05, 3.63) is 0 Å². The van der Waals surface area contributed by atoms with Crippen LogP contribution in [-0.2, 0) is 19.4 Å². The molecule has 0 aliphatic rings. The van der Waals surface area contributed by atoms with E-state index >= 15 is 0 Å². The number of sulfone groups is 1. The van der Waals surface area contributed by atoms with Gasteiger partial charge in [0.05, 0.1) is 4.75 Å². The largest absolute Gasteiger partial charge is 0.372 e. The Morgan fingerprint density at radius 1 is 1.40 bits per heavy atom. The summed E-state index contributed by atoms with van der Waals surface area (Å²) >= 11 is 0. The Morgan fingerprint density at radius 3 is 2.33 bits per heavy atom. The molecule has 0 bridgehead atoms. The number of amides is 1. The average Bonchev–Trinajstić information content (AvgIpc) is 2.09. The summed E-state index contributed by atoms with van der Waals surface area (Å²) in [5, 5.41) is 2.52. The van der Waals surface area contributed by atoms with E-state index in [0.29, 0.717) is 6.61 Å². The third-order valence-corrected chi connectivity index (χ3v) is 4.30. The molecule has 0 heterocycles. The van der Waals surface area contributed by atoms with Crippen LogP contribution in [-0.4, -0.2) is 45.1 Å². The normalized spacial score (nSPS) is 12.5. The molecule has 0 atom stereocenters. The van der Waals surface area contributed by atoms with Crippen LogP contribution in [0.5, 0.6) is 0 Å². The second-order valence-corrected chi connectivity index (χ2v) is 6.60. The van der Waals surface area contributed by atoms with Gasteiger partial charge in [-0.1, -0.05) is 0 Å². The molecule has 1 N–H and O–H groups in total. The summed E-state index contributed by atoms with van der Waals surface area (Å²) in [6, 6.07) is 0. The SMILES string of the molecule is CCOCC(=O)NCC(C)(C)S(C)(=O)=O. The van der Waals surface area contributed by atoms with Crippen molar-refractivity contribution < 1.29 is 17.9 Å². The molecule has 0 aromatic rings. The second-order valence-electron chi connectivity index (χ2n) is 3.95. The Kier molecular flexibility index (Phi) is 5.23. The number of hydrogen-bond acceptors (Lipinski definition) is 4. The average molecular weight is 237 g/mol. The van der Waals surface area contributed by atoms with Crippen LogP contribution < -0.4 is 5.32 Å². The molecule has 0 rings (SSSR count). The number of ether oxygens (including phenoxy) is 1. The van der Waals surface area contributed by atoms with Crippen molar-refractivity contribution in [2.24, 2.45) is 0 Å². The van der Waals surface area contributed by atoms with Gasteiger partial charge in [-0.25, -0.2) is 8.42 Å². The fraction of sp³-hybridized carbons (Fsp3) is 0.889. The molecule has 0 aliphatic carbocycles. The van der Waals surface area contributed by atoms with Crippen molar-refractivity contribution in [1.82, 2.24) is 5.32 Å². The van der Waals surface area contributed by atoms with Crippen molar-refractivity contribution >= 4 is 15.7 Å². The summed E-state index contributed by atoms with van der Waals surface area (Å²) in [4.78, 5) is 11.1. The van der Waals surface area contributed by atoms with Gasteiger partial charge in [0, 0.05) is 19.4 Å². The zero-order chi connectivity index (χ0) is 12.1. The number of carbonyl (C=O) groups is 1. The first-order chi connectivity index (χ1) is 6.70. The monoisotopic (exact) mass is 237 g/mol. The maximum Gasteiger partial charge on any atom is 0.246 e.